The predicted molar refractivity (Wildman–Crippen MR) is 59.0 cm³/mol. The highest BCUT2D eigenvalue weighted by Crippen LogP contribution is 2.18. The van der Waals surface area contributed by atoms with Crippen molar-refractivity contribution in [3.8, 4) is 0 Å². The number of methoxy groups -OCH3 is 1. The van der Waals surface area contributed by atoms with Crippen LogP contribution in [-0.4, -0.2) is 17.9 Å². The first-order chi connectivity index (χ1) is 7.20. The lowest BCUT2D eigenvalue weighted by atomic mass is 10.1. The van der Waals surface area contributed by atoms with E-state index >= 15 is 0 Å². The maximum atomic E-state index is 11.2. The summed E-state index contributed by atoms with van der Waals surface area (Å²) >= 11 is 0. The maximum Gasteiger partial charge on any atom is 0.175 e. The predicted octanol–water partition coefficient (Wildman–Crippen LogP) is 2.52. The molecule has 0 atom stereocenters. The van der Waals surface area contributed by atoms with Gasteiger partial charge in [-0.05, 0) is 23.8 Å². The molecule has 3 nitrogen and oxygen atoms in total. The Kier molecular flexibility index (Phi) is 2.56. The third-order valence-corrected chi connectivity index (χ3v) is 2.38. The van der Waals surface area contributed by atoms with Gasteiger partial charge in [-0.15, -0.1) is 0 Å². The van der Waals surface area contributed by atoms with Crippen LogP contribution in [0.4, 0.5) is 0 Å². The minimum Gasteiger partial charge on any atom is -0.380 e. The molecule has 1 aromatic heterocycles. The van der Waals surface area contributed by atoms with E-state index in [4.69, 9.17) is 4.74 Å². The number of fused-ring (bicyclic) bond motifs is 1. The van der Waals surface area contributed by atoms with E-state index in [1.165, 1.54) is 0 Å². The molecule has 0 spiro atoms. The highest BCUT2D eigenvalue weighted by Gasteiger charge is 2.04. The molecule has 0 aliphatic rings. The molecule has 0 fully saturated rings. The molecule has 1 N–H and O–H groups in total. The summed E-state index contributed by atoms with van der Waals surface area (Å²) in [6.45, 7) is 2.15. The number of benzene rings is 1. The molecule has 0 aliphatic heterocycles. The van der Waals surface area contributed by atoms with Crippen LogP contribution in [0.5, 0.6) is 0 Å². The Morgan fingerprint density at radius 1 is 1.40 bits per heavy atom. The topological polar surface area (TPSA) is 42.1 Å². The van der Waals surface area contributed by atoms with Crippen molar-refractivity contribution < 1.29 is 9.53 Å². The van der Waals surface area contributed by atoms with E-state index in [0.29, 0.717) is 12.3 Å². The van der Waals surface area contributed by atoms with Crippen LogP contribution in [0, 0.1) is 0 Å². The lowest BCUT2D eigenvalue weighted by Crippen LogP contribution is -1.89. The van der Waals surface area contributed by atoms with Crippen LogP contribution in [0.1, 0.15) is 23.0 Å². The van der Waals surface area contributed by atoms with E-state index in [-0.39, 0.29) is 5.78 Å². The summed E-state index contributed by atoms with van der Waals surface area (Å²) in [4.78, 5) is 14.2. The number of Topliss-reactive ketones (excluding diaryl/α,β-unsaturated/α-hetero) is 1. The summed E-state index contributed by atoms with van der Waals surface area (Å²) < 4.78 is 5.05. The highest BCUT2D eigenvalue weighted by atomic mass is 16.5. The largest absolute Gasteiger partial charge is 0.380 e. The molecule has 0 saturated heterocycles. The van der Waals surface area contributed by atoms with Crippen molar-refractivity contribution in [1.82, 2.24) is 4.98 Å². The summed E-state index contributed by atoms with van der Waals surface area (Å²) in [6, 6.07) is 7.86. The second-order valence-corrected chi connectivity index (χ2v) is 3.59. The summed E-state index contributed by atoms with van der Waals surface area (Å²) in [6.07, 6.45) is 0. The summed E-state index contributed by atoms with van der Waals surface area (Å²) in [5.74, 6) is 0.0551. The number of carbonyl (C=O) groups excluding carboxylic acids is 1. The molecule has 2 aromatic rings. The maximum absolute atomic E-state index is 11.2. The zero-order valence-electron chi connectivity index (χ0n) is 8.83. The molecule has 0 aliphatic carbocycles. The van der Waals surface area contributed by atoms with Crippen molar-refractivity contribution in [3.05, 3.63) is 35.5 Å². The van der Waals surface area contributed by atoms with Gasteiger partial charge in [0.05, 0.1) is 12.3 Å². The molecule has 1 aromatic carbocycles. The van der Waals surface area contributed by atoms with Crippen molar-refractivity contribution in [1.29, 1.82) is 0 Å². The normalized spacial score (nSPS) is 10.8. The molecule has 1 heterocycles. The van der Waals surface area contributed by atoms with Crippen molar-refractivity contribution in [2.75, 3.05) is 7.11 Å². The van der Waals surface area contributed by atoms with E-state index in [1.807, 2.05) is 24.3 Å². The smallest absolute Gasteiger partial charge is 0.175 e. The summed E-state index contributed by atoms with van der Waals surface area (Å²) in [5, 5.41) is 1.05. The quantitative estimate of drug-likeness (QED) is 0.779. The van der Waals surface area contributed by atoms with Crippen LogP contribution < -0.4 is 0 Å². The average Bonchev–Trinajstić information content (AvgIpc) is 2.61. The third-order valence-electron chi connectivity index (χ3n) is 2.38. The standard InChI is InChI=1S/C12H13NO2/c1-8(14)12-6-10-5-9(7-15-2)3-4-11(10)13-12/h3-6,13H,7H2,1-2H3. The fourth-order valence-electron chi connectivity index (χ4n) is 1.63. The fourth-order valence-corrected chi connectivity index (χ4v) is 1.63. The molecule has 15 heavy (non-hydrogen) atoms. The average molecular weight is 203 g/mol. The van der Waals surface area contributed by atoms with Crippen molar-refractivity contribution in [3.63, 3.8) is 0 Å². The number of nitrogens with one attached hydrogen (secondary N) is 1. The molecule has 3 heteroatoms. The van der Waals surface area contributed by atoms with Gasteiger partial charge in [0, 0.05) is 24.9 Å². The van der Waals surface area contributed by atoms with Crippen LogP contribution in [0.15, 0.2) is 24.3 Å². The van der Waals surface area contributed by atoms with Gasteiger partial charge in [-0.3, -0.25) is 4.79 Å². The molecule has 0 radical (unpaired) electrons. The van der Waals surface area contributed by atoms with Crippen molar-refractivity contribution in [2.24, 2.45) is 0 Å². The SMILES string of the molecule is COCc1ccc2[nH]c(C(C)=O)cc2c1. The molecule has 0 saturated carbocycles. The van der Waals surface area contributed by atoms with E-state index in [1.54, 1.807) is 14.0 Å². The van der Waals surface area contributed by atoms with Crippen molar-refractivity contribution >= 4 is 16.7 Å². The Labute approximate surface area is 88.1 Å². The fraction of sp³-hybridized carbons (Fsp3) is 0.250. The van der Waals surface area contributed by atoms with Gasteiger partial charge in [-0.2, -0.15) is 0 Å². The van der Waals surface area contributed by atoms with E-state index in [0.717, 1.165) is 16.5 Å². The van der Waals surface area contributed by atoms with E-state index < -0.39 is 0 Å². The van der Waals surface area contributed by atoms with Crippen molar-refractivity contribution in [2.45, 2.75) is 13.5 Å². The monoisotopic (exact) mass is 203 g/mol. The molecule has 2 rings (SSSR count). The van der Waals surface area contributed by atoms with Gasteiger partial charge in [0.1, 0.15) is 0 Å². The van der Waals surface area contributed by atoms with Gasteiger partial charge >= 0.3 is 0 Å². The molecule has 78 valence electrons. The van der Waals surface area contributed by atoms with E-state index in [2.05, 4.69) is 4.98 Å². The second kappa shape index (κ2) is 3.87. The van der Waals surface area contributed by atoms with Gasteiger partial charge in [-0.25, -0.2) is 0 Å². The number of hydrogen-bond acceptors (Lipinski definition) is 2. The Hall–Kier alpha value is -1.61. The molecule has 0 amide bonds. The van der Waals surface area contributed by atoms with Crippen LogP contribution in [-0.2, 0) is 11.3 Å². The number of ether oxygens (including phenoxy) is 1. The van der Waals surface area contributed by atoms with Gasteiger partial charge in [0.15, 0.2) is 5.78 Å². The first-order valence-electron chi connectivity index (χ1n) is 4.82. The van der Waals surface area contributed by atoms with Crippen LogP contribution in [0.3, 0.4) is 0 Å². The number of rotatable bonds is 3. The number of carbonyl (C=O) groups is 1. The first-order valence-corrected chi connectivity index (χ1v) is 4.82. The zero-order chi connectivity index (χ0) is 10.8. The number of aromatic nitrogens is 1. The lowest BCUT2D eigenvalue weighted by Gasteiger charge is -1.98. The Bertz CT molecular complexity index is 499. The van der Waals surface area contributed by atoms with Crippen LogP contribution in [0.2, 0.25) is 0 Å². The van der Waals surface area contributed by atoms with Gasteiger partial charge in [0.25, 0.3) is 0 Å². The number of H-pyrrole nitrogens is 1. The van der Waals surface area contributed by atoms with Crippen LogP contribution >= 0.6 is 0 Å². The number of hydrogen-bond donors (Lipinski definition) is 1. The van der Waals surface area contributed by atoms with Gasteiger partial charge in [0.2, 0.25) is 0 Å². The molecular formula is C12H13NO2. The van der Waals surface area contributed by atoms with Gasteiger partial charge in [-0.1, -0.05) is 6.07 Å². The molecular weight excluding hydrogens is 190 g/mol. The zero-order valence-corrected chi connectivity index (χ0v) is 8.83. The minimum absolute atomic E-state index is 0.0551. The van der Waals surface area contributed by atoms with Gasteiger partial charge < -0.3 is 9.72 Å². The first kappa shape index (κ1) is 9.93. The second-order valence-electron chi connectivity index (χ2n) is 3.59. The molecule has 0 bridgehead atoms. The minimum atomic E-state index is 0.0551. The Morgan fingerprint density at radius 3 is 2.87 bits per heavy atom. The summed E-state index contributed by atoms with van der Waals surface area (Å²) in [5.41, 5.74) is 2.75. The Morgan fingerprint density at radius 2 is 2.20 bits per heavy atom. The lowest BCUT2D eigenvalue weighted by molar-refractivity contribution is 0.101. The highest BCUT2D eigenvalue weighted by molar-refractivity contribution is 5.98. The van der Waals surface area contributed by atoms with E-state index in [9.17, 15) is 4.79 Å². The number of aromatic amines is 1. The third kappa shape index (κ3) is 1.92. The van der Waals surface area contributed by atoms with Crippen LogP contribution in [0.25, 0.3) is 10.9 Å². The molecule has 0 unspecified atom stereocenters. The summed E-state index contributed by atoms with van der Waals surface area (Å²) in [7, 11) is 1.67. The number of ketones is 1. The Balaban J connectivity index is 2.47.